The first-order valence-corrected chi connectivity index (χ1v) is 5.69. The van der Waals surface area contributed by atoms with E-state index in [-0.39, 0.29) is 11.6 Å². The van der Waals surface area contributed by atoms with E-state index in [1.54, 1.807) is 0 Å². The predicted octanol–water partition coefficient (Wildman–Crippen LogP) is 0.919. The summed E-state index contributed by atoms with van der Waals surface area (Å²) in [6.45, 7) is 4.35. The molecule has 0 saturated heterocycles. The molecule has 94 valence electrons. The Balaban J connectivity index is 2.73. The molecule has 0 saturated carbocycles. The summed E-state index contributed by atoms with van der Waals surface area (Å²) in [5.41, 5.74) is 3.89. The summed E-state index contributed by atoms with van der Waals surface area (Å²) in [4.78, 5) is 19.9. The summed E-state index contributed by atoms with van der Waals surface area (Å²) in [5, 5.41) is 0. The number of nitrogens with one attached hydrogen (secondary N) is 1. The molecule has 0 fully saturated rings. The van der Waals surface area contributed by atoms with Crippen molar-refractivity contribution < 1.29 is 0 Å². The molecule has 0 radical (unpaired) electrons. The molecular formula is C12H15N5O. The van der Waals surface area contributed by atoms with E-state index in [2.05, 4.69) is 15.4 Å². The lowest BCUT2D eigenvalue weighted by Gasteiger charge is -2.12. The molecule has 0 unspecified atom stereocenters. The highest BCUT2D eigenvalue weighted by molar-refractivity contribution is 5.60. The number of hydrazine groups is 1. The molecule has 2 rings (SSSR count). The monoisotopic (exact) mass is 245 g/mol. The molecule has 1 aromatic heterocycles. The number of anilines is 1. The van der Waals surface area contributed by atoms with Gasteiger partial charge in [-0.3, -0.25) is 9.99 Å². The third-order valence-corrected chi connectivity index (χ3v) is 2.73. The molecule has 18 heavy (non-hydrogen) atoms. The van der Waals surface area contributed by atoms with Gasteiger partial charge in [0.1, 0.15) is 5.82 Å². The minimum absolute atomic E-state index is 0.128. The van der Waals surface area contributed by atoms with Crippen molar-refractivity contribution in [3.63, 3.8) is 0 Å². The van der Waals surface area contributed by atoms with Crippen LogP contribution in [0.3, 0.4) is 0 Å². The molecule has 1 aromatic carbocycles. The number of nitrogens with two attached hydrogens (primary N) is 1. The Bertz CT molecular complexity index is 620. The van der Waals surface area contributed by atoms with E-state index in [4.69, 9.17) is 5.84 Å². The molecule has 0 spiro atoms. The van der Waals surface area contributed by atoms with E-state index in [0.717, 1.165) is 11.1 Å². The normalized spacial score (nSPS) is 10.4. The second-order valence-corrected chi connectivity index (χ2v) is 3.86. The van der Waals surface area contributed by atoms with Crippen LogP contribution in [-0.2, 0) is 6.54 Å². The van der Waals surface area contributed by atoms with E-state index < -0.39 is 0 Å². The highest BCUT2D eigenvalue weighted by Crippen LogP contribution is 2.20. The first-order valence-electron chi connectivity index (χ1n) is 5.69. The third kappa shape index (κ3) is 2.10. The number of hydrogen-bond acceptors (Lipinski definition) is 5. The van der Waals surface area contributed by atoms with Gasteiger partial charge in [0.05, 0.1) is 0 Å². The lowest BCUT2D eigenvalue weighted by molar-refractivity contribution is 0.686. The van der Waals surface area contributed by atoms with Gasteiger partial charge in [-0.05, 0) is 19.4 Å². The first kappa shape index (κ1) is 12.3. The van der Waals surface area contributed by atoms with Crippen molar-refractivity contribution in [2.24, 2.45) is 5.84 Å². The fraction of sp³-hybridized carbons (Fsp3) is 0.250. The highest BCUT2D eigenvalue weighted by atomic mass is 16.1. The summed E-state index contributed by atoms with van der Waals surface area (Å²) in [6.07, 6.45) is 0. The van der Waals surface area contributed by atoms with Gasteiger partial charge in [-0.1, -0.05) is 24.3 Å². The Morgan fingerprint density at radius 1 is 1.33 bits per heavy atom. The van der Waals surface area contributed by atoms with Gasteiger partial charge in [-0.2, -0.15) is 9.97 Å². The minimum Gasteiger partial charge on any atom is -0.292 e. The molecule has 0 aliphatic rings. The van der Waals surface area contributed by atoms with Crippen molar-refractivity contribution in [1.29, 1.82) is 0 Å². The van der Waals surface area contributed by atoms with Crippen LogP contribution in [0.15, 0.2) is 29.1 Å². The van der Waals surface area contributed by atoms with Gasteiger partial charge in [0.15, 0.2) is 0 Å². The summed E-state index contributed by atoms with van der Waals surface area (Å²) in [7, 11) is 0. The van der Waals surface area contributed by atoms with Crippen molar-refractivity contribution >= 4 is 5.95 Å². The summed E-state index contributed by atoms with van der Waals surface area (Å²) in [6, 6.07) is 7.74. The smallest absolute Gasteiger partial charge is 0.292 e. The van der Waals surface area contributed by atoms with Crippen molar-refractivity contribution in [3.05, 3.63) is 40.3 Å². The van der Waals surface area contributed by atoms with E-state index in [1.165, 1.54) is 4.57 Å². The van der Waals surface area contributed by atoms with Crippen LogP contribution in [0.5, 0.6) is 0 Å². The topological polar surface area (TPSA) is 85.8 Å². The second kappa shape index (κ2) is 4.97. The highest BCUT2D eigenvalue weighted by Gasteiger charge is 2.11. The van der Waals surface area contributed by atoms with Gasteiger partial charge in [0.25, 0.3) is 0 Å². The molecule has 3 N–H and O–H groups in total. The molecule has 0 bridgehead atoms. The van der Waals surface area contributed by atoms with Crippen LogP contribution in [0, 0.1) is 6.92 Å². The quantitative estimate of drug-likeness (QED) is 0.620. The maximum absolute atomic E-state index is 11.9. The number of aromatic nitrogens is 3. The van der Waals surface area contributed by atoms with E-state index in [1.807, 2.05) is 38.1 Å². The molecule has 1 heterocycles. The third-order valence-electron chi connectivity index (χ3n) is 2.73. The lowest BCUT2D eigenvalue weighted by atomic mass is 10.1. The Morgan fingerprint density at radius 2 is 2.06 bits per heavy atom. The first-order chi connectivity index (χ1) is 8.67. The van der Waals surface area contributed by atoms with Gasteiger partial charge >= 0.3 is 5.69 Å². The number of hydrogen-bond donors (Lipinski definition) is 2. The number of benzene rings is 1. The lowest BCUT2D eigenvalue weighted by Crippen LogP contribution is -2.28. The molecule has 0 amide bonds. The van der Waals surface area contributed by atoms with Crippen molar-refractivity contribution in [3.8, 4) is 11.4 Å². The number of aryl methyl sites for hydroxylation is 1. The van der Waals surface area contributed by atoms with Gasteiger partial charge in [0.2, 0.25) is 5.95 Å². The Morgan fingerprint density at radius 3 is 2.67 bits per heavy atom. The molecule has 2 aromatic rings. The number of nitrogens with zero attached hydrogens (tertiary/aromatic N) is 3. The second-order valence-electron chi connectivity index (χ2n) is 3.86. The van der Waals surface area contributed by atoms with E-state index in [0.29, 0.717) is 12.4 Å². The van der Waals surface area contributed by atoms with Gasteiger partial charge in [0, 0.05) is 12.1 Å². The van der Waals surface area contributed by atoms with Gasteiger partial charge in [-0.15, -0.1) is 0 Å². The molecule has 0 atom stereocenters. The van der Waals surface area contributed by atoms with Crippen molar-refractivity contribution in [2.45, 2.75) is 20.4 Å². The van der Waals surface area contributed by atoms with Crippen LogP contribution in [-0.4, -0.2) is 14.5 Å². The molecule has 6 nitrogen and oxygen atoms in total. The maximum atomic E-state index is 11.9. The van der Waals surface area contributed by atoms with Crippen LogP contribution < -0.4 is 17.0 Å². The molecule has 0 aliphatic heterocycles. The number of nitrogen functional groups attached to an aromatic ring is 1. The summed E-state index contributed by atoms with van der Waals surface area (Å²) < 4.78 is 1.52. The summed E-state index contributed by atoms with van der Waals surface area (Å²) >= 11 is 0. The standard InChI is InChI=1S/C12H15N5O/c1-3-17-10(9-7-5-4-6-8(9)2)14-11(16-13)15-12(17)18/h4-7H,3,13H2,1-2H3,(H,15,16,18). The SMILES string of the molecule is CCn1c(-c2ccccc2C)nc(NN)nc1=O. The van der Waals surface area contributed by atoms with E-state index in [9.17, 15) is 4.79 Å². The fourth-order valence-electron chi connectivity index (χ4n) is 1.81. The largest absolute Gasteiger partial charge is 0.352 e. The average Bonchev–Trinajstić information content (AvgIpc) is 2.38. The summed E-state index contributed by atoms with van der Waals surface area (Å²) in [5.74, 6) is 5.97. The number of rotatable bonds is 3. The van der Waals surface area contributed by atoms with Crippen molar-refractivity contribution in [2.75, 3.05) is 5.43 Å². The van der Waals surface area contributed by atoms with Crippen LogP contribution in [0.2, 0.25) is 0 Å². The molecular weight excluding hydrogens is 230 g/mol. The zero-order valence-corrected chi connectivity index (χ0v) is 10.3. The zero-order valence-electron chi connectivity index (χ0n) is 10.3. The minimum atomic E-state index is -0.362. The van der Waals surface area contributed by atoms with Crippen LogP contribution in [0.4, 0.5) is 5.95 Å². The average molecular weight is 245 g/mol. The van der Waals surface area contributed by atoms with Gasteiger partial charge < -0.3 is 0 Å². The fourth-order valence-corrected chi connectivity index (χ4v) is 1.81. The van der Waals surface area contributed by atoms with Crippen LogP contribution in [0.25, 0.3) is 11.4 Å². The van der Waals surface area contributed by atoms with Gasteiger partial charge in [-0.25, -0.2) is 10.6 Å². The molecule has 6 heteroatoms. The maximum Gasteiger partial charge on any atom is 0.352 e. The Hall–Kier alpha value is -2.21. The van der Waals surface area contributed by atoms with Crippen LogP contribution >= 0.6 is 0 Å². The Labute approximate surface area is 104 Å². The predicted molar refractivity (Wildman–Crippen MR) is 69.9 cm³/mol. The van der Waals surface area contributed by atoms with Crippen LogP contribution in [0.1, 0.15) is 12.5 Å². The Kier molecular flexibility index (Phi) is 3.38. The molecule has 0 aliphatic carbocycles. The zero-order chi connectivity index (χ0) is 13.1. The van der Waals surface area contributed by atoms with Crippen molar-refractivity contribution in [1.82, 2.24) is 14.5 Å². The van der Waals surface area contributed by atoms with E-state index >= 15 is 0 Å².